The van der Waals surface area contributed by atoms with E-state index in [0.29, 0.717) is 24.8 Å². The molecule has 1 nitrogen and oxygen atoms in total. The van der Waals surface area contributed by atoms with E-state index in [1.54, 1.807) is 0 Å². The average Bonchev–Trinajstić information content (AvgIpc) is 2.20. The topological polar surface area (TPSA) is 12.0 Å². The Hall–Kier alpha value is -0.180. The van der Waals surface area contributed by atoms with Crippen LogP contribution in [0.2, 0.25) is 0 Å². The smallest absolute Gasteiger partial charge is 0.248 e. The fraction of sp³-hybridized carbons (Fsp3) is 1.00. The fourth-order valence-corrected chi connectivity index (χ4v) is 2.89. The van der Waals surface area contributed by atoms with Gasteiger partial charge in [-0.2, -0.15) is 0 Å². The van der Waals surface area contributed by atoms with Crippen molar-refractivity contribution in [3.63, 3.8) is 0 Å². The molecule has 0 radical (unpaired) electrons. The molecule has 0 bridgehead atoms. The van der Waals surface area contributed by atoms with Crippen molar-refractivity contribution in [1.29, 1.82) is 0 Å². The first-order chi connectivity index (χ1) is 7.07. The molecule has 0 spiro atoms. The Kier molecular flexibility index (Phi) is 3.29. The number of hydrogen-bond acceptors (Lipinski definition) is 1. The summed E-state index contributed by atoms with van der Waals surface area (Å²) in [6, 6.07) is 0.511. The van der Waals surface area contributed by atoms with Crippen molar-refractivity contribution < 1.29 is 8.78 Å². The van der Waals surface area contributed by atoms with Gasteiger partial charge in [-0.05, 0) is 44.1 Å². The molecule has 2 aliphatic rings. The van der Waals surface area contributed by atoms with Gasteiger partial charge in [0.1, 0.15) is 0 Å². The zero-order chi connectivity index (χ0) is 10.9. The molecule has 2 atom stereocenters. The molecule has 1 aliphatic carbocycles. The van der Waals surface area contributed by atoms with E-state index in [-0.39, 0.29) is 12.8 Å². The van der Waals surface area contributed by atoms with Gasteiger partial charge >= 0.3 is 0 Å². The molecular weight excluding hydrogens is 196 g/mol. The maximum Gasteiger partial charge on any atom is 0.248 e. The Bertz CT molecular complexity index is 200. The maximum absolute atomic E-state index is 13.0. The molecule has 2 rings (SSSR count). The second-order valence-corrected chi connectivity index (χ2v) is 5.39. The molecule has 2 fully saturated rings. The van der Waals surface area contributed by atoms with Gasteiger partial charge in [0, 0.05) is 18.9 Å². The summed E-state index contributed by atoms with van der Waals surface area (Å²) in [5.74, 6) is -1.12. The van der Waals surface area contributed by atoms with Crippen molar-refractivity contribution in [3.05, 3.63) is 0 Å². The van der Waals surface area contributed by atoms with Crippen LogP contribution < -0.4 is 5.32 Å². The van der Waals surface area contributed by atoms with Crippen LogP contribution in [0.3, 0.4) is 0 Å². The van der Waals surface area contributed by atoms with Crippen LogP contribution in [0.5, 0.6) is 0 Å². The highest BCUT2D eigenvalue weighted by Gasteiger charge is 2.38. The Balaban J connectivity index is 1.80. The van der Waals surface area contributed by atoms with Crippen LogP contribution >= 0.6 is 0 Å². The van der Waals surface area contributed by atoms with Gasteiger partial charge in [0.15, 0.2) is 0 Å². The lowest BCUT2D eigenvalue weighted by Crippen LogP contribution is -2.44. The zero-order valence-electron chi connectivity index (χ0n) is 9.44. The summed E-state index contributed by atoms with van der Waals surface area (Å²) in [4.78, 5) is 0. The van der Waals surface area contributed by atoms with Crippen molar-refractivity contribution >= 4 is 0 Å². The van der Waals surface area contributed by atoms with E-state index < -0.39 is 5.92 Å². The second kappa shape index (κ2) is 4.36. The van der Waals surface area contributed by atoms with E-state index in [9.17, 15) is 8.78 Å². The van der Waals surface area contributed by atoms with Crippen LogP contribution in [0, 0.1) is 11.8 Å². The van der Waals surface area contributed by atoms with Crippen LogP contribution in [-0.4, -0.2) is 18.5 Å². The normalized spacial score (nSPS) is 37.8. The van der Waals surface area contributed by atoms with Crippen molar-refractivity contribution in [3.8, 4) is 0 Å². The minimum Gasteiger partial charge on any atom is -0.313 e. The predicted octanol–water partition coefficient (Wildman–Crippen LogP) is 3.20. The fourth-order valence-electron chi connectivity index (χ4n) is 2.89. The highest BCUT2D eigenvalue weighted by atomic mass is 19.3. The molecular formula is C12H21F2N. The minimum atomic E-state index is -2.38. The molecule has 1 N–H and O–H groups in total. The Morgan fingerprint density at radius 2 is 1.73 bits per heavy atom. The van der Waals surface area contributed by atoms with Gasteiger partial charge in [0.25, 0.3) is 0 Å². The SMILES string of the molecule is C[C@@H]1CC[C@@H](C2CCC(F)(F)CC2)NC1. The molecule has 1 saturated carbocycles. The first-order valence-electron chi connectivity index (χ1n) is 6.18. The Labute approximate surface area is 90.6 Å². The first-order valence-corrected chi connectivity index (χ1v) is 6.18. The summed E-state index contributed by atoms with van der Waals surface area (Å²) in [5.41, 5.74) is 0. The predicted molar refractivity (Wildman–Crippen MR) is 57.1 cm³/mol. The number of alkyl halides is 2. The summed E-state index contributed by atoms with van der Waals surface area (Å²) in [5, 5.41) is 3.52. The Morgan fingerprint density at radius 3 is 2.27 bits per heavy atom. The average molecular weight is 217 g/mol. The number of nitrogens with one attached hydrogen (secondary N) is 1. The zero-order valence-corrected chi connectivity index (χ0v) is 9.44. The lowest BCUT2D eigenvalue weighted by atomic mass is 9.78. The molecule has 0 aromatic carbocycles. The monoisotopic (exact) mass is 217 g/mol. The van der Waals surface area contributed by atoms with Crippen LogP contribution in [0.4, 0.5) is 8.78 Å². The number of hydrogen-bond donors (Lipinski definition) is 1. The van der Waals surface area contributed by atoms with E-state index in [1.807, 2.05) is 0 Å². The summed E-state index contributed by atoms with van der Waals surface area (Å²) in [6.45, 7) is 3.32. The van der Waals surface area contributed by atoms with Gasteiger partial charge in [-0.3, -0.25) is 0 Å². The third kappa shape index (κ3) is 2.90. The van der Waals surface area contributed by atoms with Crippen molar-refractivity contribution in [2.75, 3.05) is 6.54 Å². The van der Waals surface area contributed by atoms with Gasteiger partial charge in [0.05, 0.1) is 0 Å². The van der Waals surface area contributed by atoms with Crippen LogP contribution in [-0.2, 0) is 0 Å². The molecule has 0 unspecified atom stereocenters. The number of rotatable bonds is 1. The third-order valence-corrected chi connectivity index (χ3v) is 4.03. The maximum atomic E-state index is 13.0. The molecule has 0 amide bonds. The molecule has 15 heavy (non-hydrogen) atoms. The molecule has 1 aliphatic heterocycles. The lowest BCUT2D eigenvalue weighted by Gasteiger charge is -2.37. The summed E-state index contributed by atoms with van der Waals surface area (Å²) in [7, 11) is 0. The number of piperidine rings is 1. The minimum absolute atomic E-state index is 0.103. The molecule has 3 heteroatoms. The summed E-state index contributed by atoms with van der Waals surface area (Å²) < 4.78 is 26.0. The molecule has 0 aromatic heterocycles. The Morgan fingerprint density at radius 1 is 1.07 bits per heavy atom. The molecule has 88 valence electrons. The molecule has 1 heterocycles. The van der Waals surface area contributed by atoms with Crippen molar-refractivity contribution in [2.24, 2.45) is 11.8 Å². The highest BCUT2D eigenvalue weighted by Crippen LogP contribution is 2.38. The van der Waals surface area contributed by atoms with E-state index in [4.69, 9.17) is 0 Å². The van der Waals surface area contributed by atoms with Gasteiger partial charge < -0.3 is 5.32 Å². The third-order valence-electron chi connectivity index (χ3n) is 4.03. The highest BCUT2D eigenvalue weighted by molar-refractivity contribution is 4.87. The molecule has 1 saturated heterocycles. The quantitative estimate of drug-likeness (QED) is 0.711. The largest absolute Gasteiger partial charge is 0.313 e. The van der Waals surface area contributed by atoms with E-state index in [1.165, 1.54) is 12.8 Å². The van der Waals surface area contributed by atoms with Gasteiger partial charge in [-0.25, -0.2) is 8.78 Å². The standard InChI is InChI=1S/C12H21F2N/c1-9-2-3-11(15-8-9)10-4-6-12(13,14)7-5-10/h9-11,15H,2-8H2,1H3/t9-,11+/m1/s1. The van der Waals surface area contributed by atoms with E-state index >= 15 is 0 Å². The van der Waals surface area contributed by atoms with Crippen LogP contribution in [0.25, 0.3) is 0 Å². The van der Waals surface area contributed by atoms with Crippen molar-refractivity contribution in [2.45, 2.75) is 57.4 Å². The van der Waals surface area contributed by atoms with E-state index in [2.05, 4.69) is 12.2 Å². The van der Waals surface area contributed by atoms with Gasteiger partial charge in [0.2, 0.25) is 5.92 Å². The summed E-state index contributed by atoms with van der Waals surface area (Å²) >= 11 is 0. The van der Waals surface area contributed by atoms with Crippen LogP contribution in [0.1, 0.15) is 45.4 Å². The molecule has 0 aromatic rings. The van der Waals surface area contributed by atoms with E-state index in [0.717, 1.165) is 12.5 Å². The van der Waals surface area contributed by atoms with Crippen molar-refractivity contribution in [1.82, 2.24) is 5.32 Å². The van der Waals surface area contributed by atoms with Gasteiger partial charge in [-0.1, -0.05) is 6.92 Å². The van der Waals surface area contributed by atoms with Crippen LogP contribution in [0.15, 0.2) is 0 Å². The second-order valence-electron chi connectivity index (χ2n) is 5.39. The lowest BCUT2D eigenvalue weighted by molar-refractivity contribution is -0.0509. The first kappa shape index (κ1) is 11.3. The van der Waals surface area contributed by atoms with Gasteiger partial charge in [-0.15, -0.1) is 0 Å². The number of halogens is 2. The summed E-state index contributed by atoms with van der Waals surface area (Å²) in [6.07, 6.45) is 4.05.